The summed E-state index contributed by atoms with van der Waals surface area (Å²) in [6.45, 7) is 2.46. The molecule has 0 atom stereocenters. The molecule has 0 fully saturated rings. The second kappa shape index (κ2) is 6.55. The molecule has 1 aromatic carbocycles. The maximum Gasteiger partial charge on any atom is 0.516 e. The summed E-state index contributed by atoms with van der Waals surface area (Å²) in [4.78, 5) is 12.6. The maximum absolute atomic E-state index is 12.9. The first kappa shape index (κ1) is 18.3. The van der Waals surface area contributed by atoms with E-state index >= 15 is 0 Å². The highest BCUT2D eigenvalue weighted by atomic mass is 32.2. The van der Waals surface area contributed by atoms with Gasteiger partial charge in [0.2, 0.25) is 5.91 Å². The molecule has 0 aromatic heterocycles. The van der Waals surface area contributed by atoms with E-state index in [2.05, 4.69) is 0 Å². The van der Waals surface area contributed by atoms with Crippen molar-refractivity contribution in [1.82, 2.24) is 0 Å². The Morgan fingerprint density at radius 2 is 1.68 bits per heavy atom. The van der Waals surface area contributed by atoms with E-state index in [-0.39, 0.29) is 24.3 Å². The number of hydrogen-bond acceptors (Lipinski definition) is 3. The summed E-state index contributed by atoms with van der Waals surface area (Å²) in [5.41, 5.74) is -5.50. The zero-order chi connectivity index (χ0) is 17.1. The van der Waals surface area contributed by atoms with Crippen LogP contribution in [0.5, 0.6) is 0 Å². The van der Waals surface area contributed by atoms with Crippen molar-refractivity contribution in [1.29, 1.82) is 0 Å². The van der Waals surface area contributed by atoms with Gasteiger partial charge in [0.15, 0.2) is 0 Å². The number of para-hydroxylation sites is 2. The van der Waals surface area contributed by atoms with Crippen LogP contribution in [0.3, 0.4) is 0 Å². The van der Waals surface area contributed by atoms with E-state index in [9.17, 15) is 26.4 Å². The first-order valence-corrected chi connectivity index (χ1v) is 7.90. The van der Waals surface area contributed by atoms with E-state index in [0.29, 0.717) is 4.31 Å². The molecule has 9 heteroatoms. The quantitative estimate of drug-likeness (QED) is 0.829. The van der Waals surface area contributed by atoms with Crippen LogP contribution in [0.25, 0.3) is 0 Å². The Morgan fingerprint density at radius 1 is 1.18 bits per heavy atom. The smallest absolute Gasteiger partial charge is 0.314 e. The van der Waals surface area contributed by atoms with Gasteiger partial charge in [0.05, 0.1) is 11.4 Å². The van der Waals surface area contributed by atoms with Crippen LogP contribution in [-0.2, 0) is 14.8 Å². The van der Waals surface area contributed by atoms with Crippen LogP contribution in [0.2, 0.25) is 0 Å². The van der Waals surface area contributed by atoms with Crippen molar-refractivity contribution < 1.29 is 26.4 Å². The van der Waals surface area contributed by atoms with Gasteiger partial charge in [0, 0.05) is 20.5 Å². The summed E-state index contributed by atoms with van der Waals surface area (Å²) < 4.78 is 62.5. The highest BCUT2D eigenvalue weighted by Gasteiger charge is 2.50. The number of amides is 1. The predicted molar refractivity (Wildman–Crippen MR) is 78.1 cm³/mol. The van der Waals surface area contributed by atoms with Gasteiger partial charge in [0.25, 0.3) is 0 Å². The monoisotopic (exact) mass is 338 g/mol. The van der Waals surface area contributed by atoms with Gasteiger partial charge >= 0.3 is 15.5 Å². The van der Waals surface area contributed by atoms with Gasteiger partial charge in [-0.25, -0.2) is 0 Å². The lowest BCUT2D eigenvalue weighted by molar-refractivity contribution is -0.116. The molecule has 22 heavy (non-hydrogen) atoms. The number of sulfonamides is 1. The van der Waals surface area contributed by atoms with Crippen molar-refractivity contribution in [3.63, 3.8) is 0 Å². The lowest BCUT2D eigenvalue weighted by Crippen LogP contribution is -2.42. The number of carbonyl (C=O) groups excluding carboxylic acids is 1. The predicted octanol–water partition coefficient (Wildman–Crippen LogP) is 2.74. The molecular formula is C13H17F3N2O3S. The Bertz CT molecular complexity index is 644. The number of alkyl halides is 3. The van der Waals surface area contributed by atoms with Crippen molar-refractivity contribution in [2.45, 2.75) is 25.8 Å². The maximum atomic E-state index is 12.9. The molecule has 5 nitrogen and oxygen atoms in total. The van der Waals surface area contributed by atoms with Crippen LogP contribution in [0.1, 0.15) is 20.3 Å². The molecule has 1 aromatic rings. The third kappa shape index (κ3) is 3.52. The number of hydrogen-bond donors (Lipinski definition) is 0. The van der Waals surface area contributed by atoms with Gasteiger partial charge < -0.3 is 4.90 Å². The van der Waals surface area contributed by atoms with Crippen LogP contribution >= 0.6 is 0 Å². The lowest BCUT2D eigenvalue weighted by Gasteiger charge is -2.29. The fourth-order valence-corrected chi connectivity index (χ4v) is 2.91. The Labute approximate surface area is 127 Å². The Kier molecular flexibility index (Phi) is 5.44. The van der Waals surface area contributed by atoms with Gasteiger partial charge in [-0.05, 0) is 18.6 Å². The average molecular weight is 338 g/mol. The van der Waals surface area contributed by atoms with Gasteiger partial charge in [-0.2, -0.15) is 21.6 Å². The van der Waals surface area contributed by atoms with Crippen LogP contribution in [0, 0.1) is 0 Å². The molecule has 0 aliphatic rings. The molecule has 124 valence electrons. The van der Waals surface area contributed by atoms with Gasteiger partial charge in [0.1, 0.15) is 0 Å². The standard InChI is InChI=1S/C13H17F3N2O3S/c1-4-9-18(22(20,21)13(14,15)16)12-8-6-5-7-11(12)17(3)10(2)19/h5-8H,4,9H2,1-3H3. The molecule has 1 amide bonds. The topological polar surface area (TPSA) is 57.7 Å². The fraction of sp³-hybridized carbons (Fsp3) is 0.462. The minimum Gasteiger partial charge on any atom is -0.314 e. The molecule has 0 bridgehead atoms. The molecule has 0 aliphatic carbocycles. The zero-order valence-electron chi connectivity index (χ0n) is 12.4. The van der Waals surface area contributed by atoms with E-state index in [1.807, 2.05) is 0 Å². The lowest BCUT2D eigenvalue weighted by atomic mass is 10.2. The number of halogens is 3. The summed E-state index contributed by atoms with van der Waals surface area (Å²) in [7, 11) is -4.17. The summed E-state index contributed by atoms with van der Waals surface area (Å²) in [5.74, 6) is -0.423. The fourth-order valence-electron chi connectivity index (χ4n) is 1.83. The molecule has 0 spiro atoms. The number of benzene rings is 1. The number of rotatable bonds is 5. The molecular weight excluding hydrogens is 321 g/mol. The molecule has 0 N–H and O–H groups in total. The first-order valence-electron chi connectivity index (χ1n) is 6.46. The Hall–Kier alpha value is -1.77. The first-order chi connectivity index (χ1) is 10.0. The van der Waals surface area contributed by atoms with Gasteiger partial charge in [-0.1, -0.05) is 19.1 Å². The third-order valence-corrected chi connectivity index (χ3v) is 4.54. The molecule has 0 unspecified atom stereocenters. The van der Waals surface area contributed by atoms with Crippen LogP contribution in [-0.4, -0.2) is 33.4 Å². The number of anilines is 2. The average Bonchev–Trinajstić information content (AvgIpc) is 2.42. The second-order valence-corrected chi connectivity index (χ2v) is 6.44. The number of nitrogens with zero attached hydrogens (tertiary/aromatic N) is 2. The Morgan fingerprint density at radius 3 is 2.09 bits per heavy atom. The minimum absolute atomic E-state index is 0.0938. The third-order valence-electron chi connectivity index (χ3n) is 2.99. The summed E-state index contributed by atoms with van der Waals surface area (Å²) >= 11 is 0. The highest BCUT2D eigenvalue weighted by molar-refractivity contribution is 7.93. The van der Waals surface area contributed by atoms with Crippen LogP contribution in [0.4, 0.5) is 24.5 Å². The molecule has 0 aliphatic heterocycles. The SMILES string of the molecule is CCCN(c1ccccc1N(C)C(C)=O)S(=O)(=O)C(F)(F)F. The van der Waals surface area contributed by atoms with Crippen LogP contribution < -0.4 is 9.21 Å². The van der Waals surface area contributed by atoms with E-state index in [1.54, 1.807) is 6.92 Å². The zero-order valence-corrected chi connectivity index (χ0v) is 13.2. The molecule has 0 radical (unpaired) electrons. The largest absolute Gasteiger partial charge is 0.516 e. The van der Waals surface area contributed by atoms with Crippen molar-refractivity contribution in [3.8, 4) is 0 Å². The van der Waals surface area contributed by atoms with Gasteiger partial charge in [-0.15, -0.1) is 0 Å². The van der Waals surface area contributed by atoms with Crippen LogP contribution in [0.15, 0.2) is 24.3 Å². The van der Waals surface area contributed by atoms with E-state index in [1.165, 1.54) is 38.2 Å². The molecule has 0 heterocycles. The molecule has 0 saturated carbocycles. The van der Waals surface area contributed by atoms with E-state index in [4.69, 9.17) is 0 Å². The summed E-state index contributed by atoms with van der Waals surface area (Å²) in [5, 5.41) is 0. The number of carbonyl (C=O) groups is 1. The van der Waals surface area contributed by atoms with E-state index < -0.39 is 21.4 Å². The minimum atomic E-state index is -5.54. The second-order valence-electron chi connectivity index (χ2n) is 4.59. The molecule has 0 saturated heterocycles. The van der Waals surface area contributed by atoms with Crippen molar-refractivity contribution in [3.05, 3.63) is 24.3 Å². The summed E-state index contributed by atoms with van der Waals surface area (Å²) in [6.07, 6.45) is 0.188. The Balaban J connectivity index is 3.51. The van der Waals surface area contributed by atoms with Crippen molar-refractivity contribution in [2.24, 2.45) is 0 Å². The van der Waals surface area contributed by atoms with E-state index in [0.717, 1.165) is 4.90 Å². The molecule has 1 rings (SSSR count). The summed E-state index contributed by atoms with van der Waals surface area (Å²) in [6, 6.07) is 5.57. The van der Waals surface area contributed by atoms with Crippen molar-refractivity contribution >= 4 is 27.3 Å². The normalized spacial score (nSPS) is 12.1. The van der Waals surface area contributed by atoms with Crippen molar-refractivity contribution in [2.75, 3.05) is 22.8 Å². The highest BCUT2D eigenvalue weighted by Crippen LogP contribution is 2.36. The van der Waals surface area contributed by atoms with Gasteiger partial charge in [-0.3, -0.25) is 9.10 Å².